The van der Waals surface area contributed by atoms with Crippen molar-refractivity contribution >= 4 is 17.3 Å². The molecule has 3 aromatic rings. The molecule has 0 radical (unpaired) electrons. The smallest absolute Gasteiger partial charge is 0.325 e. The lowest BCUT2D eigenvalue weighted by atomic mass is 10.1. The highest BCUT2D eigenvalue weighted by Crippen LogP contribution is 2.33. The zero-order chi connectivity index (χ0) is 23.8. The van der Waals surface area contributed by atoms with Gasteiger partial charge in [0, 0.05) is 6.20 Å². The lowest BCUT2D eigenvalue weighted by Gasteiger charge is -2.18. The van der Waals surface area contributed by atoms with Crippen LogP contribution in [0.15, 0.2) is 44.8 Å². The van der Waals surface area contributed by atoms with Gasteiger partial charge < -0.3 is 14.6 Å². The van der Waals surface area contributed by atoms with Crippen LogP contribution in [-0.2, 0) is 11.3 Å². The van der Waals surface area contributed by atoms with Gasteiger partial charge >= 0.3 is 5.69 Å². The first-order valence-corrected chi connectivity index (χ1v) is 9.91. The molecule has 0 aliphatic carbocycles. The minimum Gasteiger partial charge on any atom is -0.365 e. The number of aromatic nitrogens is 4. The molecule has 13 heteroatoms. The second-order valence-electron chi connectivity index (χ2n) is 7.32. The van der Waals surface area contributed by atoms with Crippen molar-refractivity contribution in [2.45, 2.75) is 18.6 Å². The number of nitriles is 1. The molecule has 3 N–H and O–H groups in total. The highest BCUT2D eigenvalue weighted by molar-refractivity contribution is 6.31. The summed E-state index contributed by atoms with van der Waals surface area (Å²) >= 11 is 5.96. The summed E-state index contributed by atoms with van der Waals surface area (Å²) in [5.41, 5.74) is -1.63. The molecular formula is C20H15ClF2N6O4. The summed E-state index contributed by atoms with van der Waals surface area (Å²) in [6, 6.07) is 7.59. The van der Waals surface area contributed by atoms with Crippen molar-refractivity contribution in [3.63, 3.8) is 0 Å². The van der Waals surface area contributed by atoms with Gasteiger partial charge in [-0.1, -0.05) is 17.7 Å². The number of nitrogens with zero attached hydrogens (tertiary/aromatic N) is 3. The number of hydrogen-bond acceptors (Lipinski definition) is 7. The fraction of sp³-hybridized carbons (Fsp3) is 0.250. The van der Waals surface area contributed by atoms with Crippen LogP contribution < -0.4 is 21.7 Å². The van der Waals surface area contributed by atoms with Gasteiger partial charge in [-0.3, -0.25) is 14.6 Å². The molecule has 1 atom stereocenters. The lowest BCUT2D eigenvalue weighted by Crippen LogP contribution is -2.34. The van der Waals surface area contributed by atoms with Crippen molar-refractivity contribution in [1.82, 2.24) is 20.2 Å². The van der Waals surface area contributed by atoms with Gasteiger partial charge in [-0.05, 0) is 23.8 Å². The number of ether oxygens (including phenoxy) is 1. The Morgan fingerprint density at radius 3 is 2.76 bits per heavy atom. The molecule has 0 bridgehead atoms. The standard InChI is InChI=1S/C20H15ClF2N6O4/c21-13-3-10(1-2-11(13)5-24)8-33-16-7-29(9-20(16,22)23)15-4-14(27-28-18(15)31)12-6-25-19(32)26-17(12)30/h1-4,6,16H,7-9H2,(H,28,31)(H2,25,26,30,32). The Hall–Kier alpha value is -3.82. The Labute approximate surface area is 188 Å². The Morgan fingerprint density at radius 2 is 2.06 bits per heavy atom. The van der Waals surface area contributed by atoms with Gasteiger partial charge in [0.2, 0.25) is 0 Å². The summed E-state index contributed by atoms with van der Waals surface area (Å²) in [4.78, 5) is 41.0. The van der Waals surface area contributed by atoms with Crippen LogP contribution in [-0.4, -0.2) is 45.3 Å². The number of hydrogen-bond donors (Lipinski definition) is 3. The molecule has 0 spiro atoms. The molecule has 33 heavy (non-hydrogen) atoms. The van der Waals surface area contributed by atoms with Crippen LogP contribution in [0, 0.1) is 11.3 Å². The molecular weight excluding hydrogens is 462 g/mol. The maximum absolute atomic E-state index is 14.7. The van der Waals surface area contributed by atoms with Crippen LogP contribution >= 0.6 is 11.6 Å². The van der Waals surface area contributed by atoms with Crippen LogP contribution in [0.5, 0.6) is 0 Å². The molecule has 1 aliphatic heterocycles. The van der Waals surface area contributed by atoms with Crippen molar-refractivity contribution < 1.29 is 13.5 Å². The quantitative estimate of drug-likeness (QED) is 0.503. The van der Waals surface area contributed by atoms with E-state index in [4.69, 9.17) is 21.6 Å². The van der Waals surface area contributed by atoms with E-state index in [9.17, 15) is 23.2 Å². The first-order valence-electron chi connectivity index (χ1n) is 9.53. The van der Waals surface area contributed by atoms with Gasteiger partial charge in [0.05, 0.1) is 41.5 Å². The third kappa shape index (κ3) is 4.55. The number of halogens is 3. The van der Waals surface area contributed by atoms with Crippen LogP contribution in [0.4, 0.5) is 14.5 Å². The second-order valence-corrected chi connectivity index (χ2v) is 7.73. The van der Waals surface area contributed by atoms with Gasteiger partial charge in [0.15, 0.2) is 0 Å². The van der Waals surface area contributed by atoms with Crippen LogP contribution in [0.1, 0.15) is 11.1 Å². The number of rotatable bonds is 5. The van der Waals surface area contributed by atoms with Gasteiger partial charge in [-0.2, -0.15) is 10.4 Å². The summed E-state index contributed by atoms with van der Waals surface area (Å²) in [5, 5.41) is 15.1. The van der Waals surface area contributed by atoms with Crippen molar-refractivity contribution in [2.24, 2.45) is 0 Å². The van der Waals surface area contributed by atoms with Crippen LogP contribution in [0.3, 0.4) is 0 Å². The third-order valence-corrected chi connectivity index (χ3v) is 5.40. The maximum Gasteiger partial charge on any atom is 0.325 e. The van der Waals surface area contributed by atoms with E-state index >= 15 is 0 Å². The SMILES string of the molecule is N#Cc1ccc(COC2CN(c3cc(-c4c[nH]c(=O)[nH]c4=O)n[nH]c3=O)CC2(F)F)cc1Cl. The van der Waals surface area contributed by atoms with Gasteiger partial charge in [-0.25, -0.2) is 18.7 Å². The molecule has 0 saturated carbocycles. The first kappa shape index (κ1) is 22.4. The van der Waals surface area contributed by atoms with E-state index in [0.29, 0.717) is 5.56 Å². The highest BCUT2D eigenvalue weighted by atomic mass is 35.5. The van der Waals surface area contributed by atoms with Crippen LogP contribution in [0.25, 0.3) is 11.3 Å². The van der Waals surface area contributed by atoms with E-state index in [1.165, 1.54) is 18.2 Å². The molecule has 1 aromatic carbocycles. The van der Waals surface area contributed by atoms with E-state index in [2.05, 4.69) is 15.2 Å². The summed E-state index contributed by atoms with van der Waals surface area (Å²) in [5.74, 6) is -3.28. The summed E-state index contributed by atoms with van der Waals surface area (Å²) in [6.07, 6.45) is -0.418. The van der Waals surface area contributed by atoms with E-state index in [-0.39, 0.29) is 40.7 Å². The average Bonchev–Trinajstić information content (AvgIpc) is 3.07. The predicted octanol–water partition coefficient (Wildman–Crippen LogP) is 1.38. The number of aromatic amines is 3. The minimum atomic E-state index is -3.28. The van der Waals surface area contributed by atoms with Gasteiger partial charge in [-0.15, -0.1) is 0 Å². The Balaban J connectivity index is 1.55. The van der Waals surface area contributed by atoms with Crippen molar-refractivity contribution in [3.05, 3.63) is 77.8 Å². The molecule has 10 nitrogen and oxygen atoms in total. The number of alkyl halides is 2. The zero-order valence-corrected chi connectivity index (χ0v) is 17.4. The van der Waals surface area contributed by atoms with E-state index < -0.39 is 35.4 Å². The zero-order valence-electron chi connectivity index (χ0n) is 16.7. The van der Waals surface area contributed by atoms with Gasteiger partial charge in [0.1, 0.15) is 17.9 Å². The summed E-state index contributed by atoms with van der Waals surface area (Å²) in [7, 11) is 0. The van der Waals surface area contributed by atoms with Crippen molar-refractivity contribution in [2.75, 3.05) is 18.0 Å². The fourth-order valence-corrected chi connectivity index (χ4v) is 3.66. The Bertz CT molecular complexity index is 1430. The Morgan fingerprint density at radius 1 is 1.27 bits per heavy atom. The van der Waals surface area contributed by atoms with Gasteiger partial charge in [0.25, 0.3) is 17.0 Å². The molecule has 4 rings (SSSR count). The van der Waals surface area contributed by atoms with E-state index in [0.717, 1.165) is 11.1 Å². The molecule has 170 valence electrons. The number of anilines is 1. The van der Waals surface area contributed by atoms with E-state index in [1.807, 2.05) is 11.1 Å². The molecule has 1 fully saturated rings. The Kier molecular flexibility index (Phi) is 5.84. The second kappa shape index (κ2) is 8.61. The minimum absolute atomic E-state index is 0.0120. The molecule has 1 unspecified atom stereocenters. The number of nitrogens with one attached hydrogen (secondary N) is 3. The normalized spacial score (nSPS) is 17.2. The molecule has 1 aliphatic rings. The largest absolute Gasteiger partial charge is 0.365 e. The number of benzene rings is 1. The maximum atomic E-state index is 14.7. The topological polar surface area (TPSA) is 148 Å². The summed E-state index contributed by atoms with van der Waals surface area (Å²) < 4.78 is 34.7. The molecule has 0 amide bonds. The summed E-state index contributed by atoms with van der Waals surface area (Å²) in [6.45, 7) is -1.27. The highest BCUT2D eigenvalue weighted by Gasteiger charge is 2.49. The molecule has 3 heterocycles. The third-order valence-electron chi connectivity index (χ3n) is 5.08. The predicted molar refractivity (Wildman–Crippen MR) is 113 cm³/mol. The average molecular weight is 477 g/mol. The van der Waals surface area contributed by atoms with Crippen molar-refractivity contribution in [3.8, 4) is 17.3 Å². The molecule has 2 aromatic heterocycles. The van der Waals surface area contributed by atoms with Crippen molar-refractivity contribution in [1.29, 1.82) is 5.26 Å². The van der Waals surface area contributed by atoms with E-state index in [1.54, 1.807) is 6.07 Å². The fourth-order valence-electron chi connectivity index (χ4n) is 3.42. The monoisotopic (exact) mass is 476 g/mol. The molecule has 1 saturated heterocycles. The lowest BCUT2D eigenvalue weighted by molar-refractivity contribution is -0.110. The van der Waals surface area contributed by atoms with Crippen LogP contribution in [0.2, 0.25) is 5.02 Å². The number of H-pyrrole nitrogens is 3. The first-order chi connectivity index (χ1) is 15.7.